The maximum atomic E-state index is 13.1. The number of H-pyrrole nitrogens is 1. The van der Waals surface area contributed by atoms with Gasteiger partial charge in [-0.25, -0.2) is 4.39 Å². The molecule has 2 N–H and O–H groups in total. The number of hydrogen-bond acceptors (Lipinski definition) is 5. The highest BCUT2D eigenvalue weighted by Gasteiger charge is 2.26. The van der Waals surface area contributed by atoms with Crippen molar-refractivity contribution in [3.63, 3.8) is 0 Å². The van der Waals surface area contributed by atoms with Crippen LogP contribution >= 0.6 is 23.6 Å². The van der Waals surface area contributed by atoms with E-state index in [1.54, 1.807) is 23.6 Å². The number of carbonyl (C=O) groups is 2. The summed E-state index contributed by atoms with van der Waals surface area (Å²) in [5.41, 5.74) is 0.776. The van der Waals surface area contributed by atoms with E-state index in [2.05, 4.69) is 15.5 Å². The monoisotopic (exact) mass is 447 g/mol. The molecule has 2 aromatic heterocycles. The molecule has 0 aliphatic carbocycles. The number of benzene rings is 1. The Hall–Kier alpha value is -2.85. The van der Waals surface area contributed by atoms with E-state index >= 15 is 0 Å². The molecule has 0 saturated carbocycles. The summed E-state index contributed by atoms with van der Waals surface area (Å²) in [7, 11) is 0. The fourth-order valence-electron chi connectivity index (χ4n) is 3.00. The molecule has 7 nitrogen and oxygen atoms in total. The first-order chi connectivity index (χ1) is 14.4. The normalized spacial score (nSPS) is 11.8. The van der Waals surface area contributed by atoms with Gasteiger partial charge in [0.1, 0.15) is 11.9 Å². The zero-order valence-corrected chi connectivity index (χ0v) is 18.2. The maximum absolute atomic E-state index is 13.1. The Kier molecular flexibility index (Phi) is 7.11. The summed E-state index contributed by atoms with van der Waals surface area (Å²) >= 11 is 6.83. The predicted octanol–water partition coefficient (Wildman–Crippen LogP) is 3.53. The molecule has 0 aliphatic heterocycles. The van der Waals surface area contributed by atoms with Crippen LogP contribution in [0.5, 0.6) is 0 Å². The van der Waals surface area contributed by atoms with Crippen molar-refractivity contribution in [1.82, 2.24) is 25.0 Å². The number of carbonyl (C=O) groups excluding carboxylic acids is 2. The van der Waals surface area contributed by atoms with Crippen LogP contribution in [0.3, 0.4) is 0 Å². The minimum absolute atomic E-state index is 0.0830. The average molecular weight is 448 g/mol. The largest absolute Gasteiger partial charge is 0.350 e. The van der Waals surface area contributed by atoms with Crippen molar-refractivity contribution in [2.75, 3.05) is 13.1 Å². The number of amides is 2. The molecule has 1 aromatic carbocycles. The summed E-state index contributed by atoms with van der Waals surface area (Å²) in [6.07, 6.45) is 0. The SMILES string of the molecule is CCN(CC(=O)NCc1ccc(F)cc1)C(=O)C(C)n1c(-c2cccs2)n[nH]c1=S. The summed E-state index contributed by atoms with van der Waals surface area (Å²) in [5, 5.41) is 11.7. The van der Waals surface area contributed by atoms with Gasteiger partial charge in [0.25, 0.3) is 0 Å². The lowest BCUT2D eigenvalue weighted by molar-refractivity contribution is -0.138. The average Bonchev–Trinajstić information content (AvgIpc) is 3.40. The second kappa shape index (κ2) is 9.77. The molecule has 3 rings (SSSR count). The first kappa shape index (κ1) is 21.8. The Morgan fingerprint density at radius 2 is 2.07 bits per heavy atom. The highest BCUT2D eigenvalue weighted by atomic mass is 32.1. The van der Waals surface area contributed by atoms with E-state index in [0.29, 0.717) is 17.1 Å². The molecular formula is C20H22FN5O2S2. The van der Waals surface area contributed by atoms with Gasteiger partial charge in [-0.1, -0.05) is 18.2 Å². The van der Waals surface area contributed by atoms with Crippen LogP contribution in [0.2, 0.25) is 0 Å². The van der Waals surface area contributed by atoms with E-state index < -0.39 is 6.04 Å². The Morgan fingerprint density at radius 3 is 2.70 bits per heavy atom. The molecule has 2 heterocycles. The van der Waals surface area contributed by atoms with Crippen molar-refractivity contribution >= 4 is 35.4 Å². The van der Waals surface area contributed by atoms with Crippen molar-refractivity contribution in [3.8, 4) is 10.7 Å². The van der Waals surface area contributed by atoms with Crippen LogP contribution in [-0.4, -0.2) is 44.6 Å². The van der Waals surface area contributed by atoms with E-state index in [1.807, 2.05) is 24.4 Å². The smallest absolute Gasteiger partial charge is 0.245 e. The first-order valence-corrected chi connectivity index (χ1v) is 10.7. The minimum atomic E-state index is -0.627. The second-order valence-electron chi connectivity index (χ2n) is 6.63. The maximum Gasteiger partial charge on any atom is 0.245 e. The Bertz CT molecular complexity index is 1060. The highest BCUT2D eigenvalue weighted by Crippen LogP contribution is 2.26. The number of halogens is 1. The molecule has 0 fully saturated rings. The van der Waals surface area contributed by atoms with Gasteiger partial charge in [0.2, 0.25) is 11.8 Å². The van der Waals surface area contributed by atoms with Crippen molar-refractivity contribution in [1.29, 1.82) is 0 Å². The number of nitrogens with one attached hydrogen (secondary N) is 2. The van der Waals surface area contributed by atoms with E-state index in [9.17, 15) is 14.0 Å². The van der Waals surface area contributed by atoms with Crippen LogP contribution < -0.4 is 5.32 Å². The molecule has 1 unspecified atom stereocenters. The van der Waals surface area contributed by atoms with E-state index in [-0.39, 0.29) is 30.7 Å². The third-order valence-corrected chi connectivity index (χ3v) is 5.78. The zero-order chi connectivity index (χ0) is 21.7. The van der Waals surface area contributed by atoms with Crippen LogP contribution in [0.25, 0.3) is 10.7 Å². The van der Waals surface area contributed by atoms with Crippen molar-refractivity contribution < 1.29 is 14.0 Å². The summed E-state index contributed by atoms with van der Waals surface area (Å²) in [6.45, 7) is 4.10. The molecule has 3 aromatic rings. The standard InChI is InChI=1S/C20H22FN5O2S2/c1-3-25(12-17(27)22-11-14-6-8-15(21)9-7-14)19(28)13(2)26-18(23-24-20(26)29)16-5-4-10-30-16/h4-10,13H,3,11-12H2,1-2H3,(H,22,27)(H,24,29). The number of hydrogen-bond donors (Lipinski definition) is 2. The third kappa shape index (κ3) is 5.00. The van der Waals surface area contributed by atoms with Crippen LogP contribution in [-0.2, 0) is 16.1 Å². The number of thiophene rings is 1. The molecule has 0 spiro atoms. The van der Waals surface area contributed by atoms with E-state index in [0.717, 1.165) is 10.4 Å². The lowest BCUT2D eigenvalue weighted by Gasteiger charge is -2.25. The summed E-state index contributed by atoms with van der Waals surface area (Å²) in [5.74, 6) is -0.269. The van der Waals surface area contributed by atoms with Crippen LogP contribution in [0.4, 0.5) is 4.39 Å². The predicted molar refractivity (Wildman–Crippen MR) is 116 cm³/mol. The van der Waals surface area contributed by atoms with Crippen LogP contribution in [0.1, 0.15) is 25.5 Å². The lowest BCUT2D eigenvalue weighted by Crippen LogP contribution is -2.43. The summed E-state index contributed by atoms with van der Waals surface area (Å²) < 4.78 is 15.0. The summed E-state index contributed by atoms with van der Waals surface area (Å²) in [4.78, 5) is 27.8. The zero-order valence-electron chi connectivity index (χ0n) is 16.6. The number of nitrogens with zero attached hydrogens (tertiary/aromatic N) is 3. The fourth-order valence-corrected chi connectivity index (χ4v) is 4.00. The number of likely N-dealkylation sites (N-methyl/N-ethyl adjacent to an activating group) is 1. The minimum Gasteiger partial charge on any atom is -0.350 e. The van der Waals surface area contributed by atoms with Crippen molar-refractivity contribution in [2.24, 2.45) is 0 Å². The molecule has 0 saturated heterocycles. The molecule has 30 heavy (non-hydrogen) atoms. The van der Waals surface area contributed by atoms with Gasteiger partial charge in [-0.15, -0.1) is 11.3 Å². The number of aromatic amines is 1. The van der Waals surface area contributed by atoms with Gasteiger partial charge in [0, 0.05) is 13.1 Å². The number of rotatable bonds is 8. The Balaban J connectivity index is 1.67. The molecule has 0 radical (unpaired) electrons. The molecule has 2 amide bonds. The van der Waals surface area contributed by atoms with Gasteiger partial charge in [-0.2, -0.15) is 5.10 Å². The van der Waals surface area contributed by atoms with Gasteiger partial charge in [-0.3, -0.25) is 19.3 Å². The molecule has 0 bridgehead atoms. The third-order valence-electron chi connectivity index (χ3n) is 4.62. The van der Waals surface area contributed by atoms with Gasteiger partial charge >= 0.3 is 0 Å². The van der Waals surface area contributed by atoms with Crippen LogP contribution in [0.15, 0.2) is 41.8 Å². The topological polar surface area (TPSA) is 83.0 Å². The molecule has 0 aliphatic rings. The van der Waals surface area contributed by atoms with Crippen molar-refractivity contribution in [3.05, 3.63) is 57.9 Å². The number of aromatic nitrogens is 3. The Morgan fingerprint density at radius 1 is 1.33 bits per heavy atom. The van der Waals surface area contributed by atoms with Gasteiger partial charge in [0.15, 0.2) is 10.6 Å². The molecule has 10 heteroatoms. The summed E-state index contributed by atoms with van der Waals surface area (Å²) in [6, 6.07) is 9.07. The molecule has 158 valence electrons. The molecule has 1 atom stereocenters. The molecular weight excluding hydrogens is 425 g/mol. The van der Waals surface area contributed by atoms with Crippen LogP contribution in [0, 0.1) is 10.6 Å². The second-order valence-corrected chi connectivity index (χ2v) is 7.97. The van der Waals surface area contributed by atoms with Crippen molar-refractivity contribution in [2.45, 2.75) is 26.4 Å². The Labute approximate surface area is 182 Å². The quantitative estimate of drug-likeness (QED) is 0.518. The lowest BCUT2D eigenvalue weighted by atomic mass is 10.2. The van der Waals surface area contributed by atoms with Gasteiger partial charge in [-0.05, 0) is 55.2 Å². The van der Waals surface area contributed by atoms with Gasteiger partial charge < -0.3 is 10.2 Å². The van der Waals surface area contributed by atoms with E-state index in [1.165, 1.54) is 28.4 Å². The van der Waals surface area contributed by atoms with E-state index in [4.69, 9.17) is 12.2 Å². The fraction of sp³-hybridized carbons (Fsp3) is 0.300. The highest BCUT2D eigenvalue weighted by molar-refractivity contribution is 7.71. The first-order valence-electron chi connectivity index (χ1n) is 9.41. The van der Waals surface area contributed by atoms with Gasteiger partial charge in [0.05, 0.1) is 11.4 Å².